The Kier molecular flexibility index (Phi) is 7.29. The molecule has 1 atom stereocenters. The van der Waals surface area contributed by atoms with Gasteiger partial charge in [0.1, 0.15) is 17.6 Å². The zero-order chi connectivity index (χ0) is 23.2. The first-order valence-electron chi connectivity index (χ1n) is 10.9. The van der Waals surface area contributed by atoms with Gasteiger partial charge < -0.3 is 10.1 Å². The van der Waals surface area contributed by atoms with E-state index in [1.54, 1.807) is 31.4 Å². The number of anilines is 1. The van der Waals surface area contributed by atoms with Gasteiger partial charge in [0.15, 0.2) is 5.69 Å². The zero-order valence-corrected chi connectivity index (χ0v) is 19.1. The number of carbonyl (C=O) groups excluding carboxylic acids is 2. The highest BCUT2D eigenvalue weighted by Gasteiger charge is 2.35. The zero-order valence-electron chi connectivity index (χ0n) is 18.2. The quantitative estimate of drug-likeness (QED) is 0.551. The Hall–Kier alpha value is -3.33. The van der Waals surface area contributed by atoms with Crippen LogP contribution in [0, 0.1) is 5.82 Å². The van der Waals surface area contributed by atoms with Gasteiger partial charge in [-0.15, -0.1) is 0 Å². The maximum atomic E-state index is 13.7. The third-order valence-corrected chi connectivity index (χ3v) is 6.27. The highest BCUT2D eigenvalue weighted by molar-refractivity contribution is 6.99. The van der Waals surface area contributed by atoms with Crippen molar-refractivity contribution in [3.05, 3.63) is 71.8 Å². The van der Waals surface area contributed by atoms with E-state index in [1.165, 1.54) is 35.4 Å². The number of amides is 2. The van der Waals surface area contributed by atoms with E-state index >= 15 is 0 Å². The Balaban J connectivity index is 1.77. The molecule has 172 valence electrons. The molecule has 0 saturated heterocycles. The number of rotatable bonds is 7. The summed E-state index contributed by atoms with van der Waals surface area (Å²) in [4.78, 5) is 28.6. The van der Waals surface area contributed by atoms with E-state index in [0.717, 1.165) is 43.8 Å². The lowest BCUT2D eigenvalue weighted by molar-refractivity contribution is -0.123. The molecule has 2 amide bonds. The summed E-state index contributed by atoms with van der Waals surface area (Å²) in [5.74, 6) is -0.592. The first kappa shape index (κ1) is 22.8. The van der Waals surface area contributed by atoms with Crippen LogP contribution in [0.1, 0.15) is 54.2 Å². The molecule has 1 aliphatic rings. The highest BCUT2D eigenvalue weighted by atomic mass is 32.1. The van der Waals surface area contributed by atoms with Crippen molar-refractivity contribution in [2.24, 2.45) is 0 Å². The van der Waals surface area contributed by atoms with Gasteiger partial charge in [-0.25, -0.2) is 4.39 Å². The van der Waals surface area contributed by atoms with E-state index in [4.69, 9.17) is 4.74 Å². The number of carbonyl (C=O) groups is 2. The number of hydrogen-bond acceptors (Lipinski definition) is 6. The molecule has 4 rings (SSSR count). The second-order valence-corrected chi connectivity index (χ2v) is 8.52. The van der Waals surface area contributed by atoms with Crippen molar-refractivity contribution in [1.82, 2.24) is 14.1 Å². The summed E-state index contributed by atoms with van der Waals surface area (Å²) in [5.41, 5.74) is 1.12. The van der Waals surface area contributed by atoms with Gasteiger partial charge in [0.05, 0.1) is 25.0 Å². The molecule has 1 unspecified atom stereocenters. The number of ether oxygens (including phenoxy) is 1. The van der Waals surface area contributed by atoms with Crippen LogP contribution in [0.2, 0.25) is 0 Å². The standard InChI is InChI=1S/C24H25FN4O3S/c1-32-20-13-11-19(12-14-20)29(24(31)21-15-26-33-28-21)22(16-7-9-17(25)10-8-16)23(30)27-18-5-3-2-4-6-18/h7-15,18,22H,2-6H2,1H3,(H,27,30). The lowest BCUT2D eigenvalue weighted by atomic mass is 9.94. The van der Waals surface area contributed by atoms with Crippen LogP contribution < -0.4 is 15.0 Å². The predicted octanol–water partition coefficient (Wildman–Crippen LogP) is 4.52. The number of methoxy groups -OCH3 is 1. The minimum Gasteiger partial charge on any atom is -0.497 e. The minimum atomic E-state index is -1.02. The van der Waals surface area contributed by atoms with Gasteiger partial charge in [0, 0.05) is 11.7 Å². The third kappa shape index (κ3) is 5.36. The fourth-order valence-corrected chi connectivity index (χ4v) is 4.51. The summed E-state index contributed by atoms with van der Waals surface area (Å²) in [6, 6.07) is 11.5. The van der Waals surface area contributed by atoms with Crippen LogP contribution in [0.5, 0.6) is 5.75 Å². The molecule has 0 aliphatic heterocycles. The number of nitrogens with zero attached hydrogens (tertiary/aromatic N) is 3. The highest BCUT2D eigenvalue weighted by Crippen LogP contribution is 2.31. The molecule has 3 aromatic rings. The van der Waals surface area contributed by atoms with Gasteiger partial charge in [0.2, 0.25) is 5.91 Å². The van der Waals surface area contributed by atoms with E-state index in [0.29, 0.717) is 17.0 Å². The van der Waals surface area contributed by atoms with Crippen LogP contribution >= 0.6 is 11.7 Å². The molecule has 1 aliphatic carbocycles. The normalized spacial score (nSPS) is 15.0. The first-order valence-corrected chi connectivity index (χ1v) is 11.6. The monoisotopic (exact) mass is 468 g/mol. The van der Waals surface area contributed by atoms with E-state index in [1.807, 2.05) is 0 Å². The molecule has 1 heterocycles. The molecule has 9 heteroatoms. The van der Waals surface area contributed by atoms with Crippen LogP contribution in [0.25, 0.3) is 0 Å². The maximum Gasteiger partial charge on any atom is 0.280 e. The number of aromatic nitrogens is 2. The summed E-state index contributed by atoms with van der Waals surface area (Å²) in [7, 11) is 1.55. The van der Waals surface area contributed by atoms with Crippen molar-refractivity contribution in [3.8, 4) is 5.75 Å². The van der Waals surface area contributed by atoms with Crippen molar-refractivity contribution < 1.29 is 18.7 Å². The average molecular weight is 469 g/mol. The second kappa shape index (κ2) is 10.5. The van der Waals surface area contributed by atoms with E-state index in [2.05, 4.69) is 14.1 Å². The summed E-state index contributed by atoms with van der Waals surface area (Å²) >= 11 is 0.915. The van der Waals surface area contributed by atoms with Gasteiger partial charge in [-0.2, -0.15) is 8.75 Å². The average Bonchev–Trinajstić information content (AvgIpc) is 3.39. The molecule has 0 radical (unpaired) electrons. The largest absolute Gasteiger partial charge is 0.497 e. The SMILES string of the molecule is COc1ccc(N(C(=O)c2cnsn2)C(C(=O)NC2CCCCC2)c2ccc(F)cc2)cc1. The van der Waals surface area contributed by atoms with Crippen LogP contribution in [-0.4, -0.2) is 33.7 Å². The smallest absolute Gasteiger partial charge is 0.280 e. The Morgan fingerprint density at radius 1 is 1.09 bits per heavy atom. The van der Waals surface area contributed by atoms with E-state index in [-0.39, 0.29) is 17.6 Å². The Bertz CT molecular complexity index is 1070. The molecule has 0 bridgehead atoms. The van der Waals surface area contributed by atoms with Gasteiger partial charge >= 0.3 is 0 Å². The molecule has 1 N–H and O–H groups in total. The molecule has 2 aromatic carbocycles. The maximum absolute atomic E-state index is 13.7. The molecule has 1 saturated carbocycles. The van der Waals surface area contributed by atoms with Crippen molar-refractivity contribution in [2.75, 3.05) is 12.0 Å². The van der Waals surface area contributed by atoms with Crippen LogP contribution in [0.3, 0.4) is 0 Å². The fraction of sp³-hybridized carbons (Fsp3) is 0.333. The molecule has 0 spiro atoms. The topological polar surface area (TPSA) is 84.4 Å². The van der Waals surface area contributed by atoms with Crippen molar-refractivity contribution in [2.45, 2.75) is 44.2 Å². The molecule has 1 aromatic heterocycles. The number of benzene rings is 2. The van der Waals surface area contributed by atoms with E-state index in [9.17, 15) is 14.0 Å². The second-order valence-electron chi connectivity index (χ2n) is 7.96. The van der Waals surface area contributed by atoms with Gasteiger partial charge in [-0.3, -0.25) is 14.5 Å². The number of nitrogens with one attached hydrogen (secondary N) is 1. The molecule has 1 fully saturated rings. The lowest BCUT2D eigenvalue weighted by Crippen LogP contribution is -2.47. The minimum absolute atomic E-state index is 0.0444. The van der Waals surface area contributed by atoms with Gasteiger partial charge in [0.25, 0.3) is 5.91 Å². The molecule has 7 nitrogen and oxygen atoms in total. The molecule has 33 heavy (non-hydrogen) atoms. The Morgan fingerprint density at radius 3 is 2.39 bits per heavy atom. The predicted molar refractivity (Wildman–Crippen MR) is 124 cm³/mol. The van der Waals surface area contributed by atoms with Crippen LogP contribution in [0.15, 0.2) is 54.7 Å². The van der Waals surface area contributed by atoms with Gasteiger partial charge in [-0.1, -0.05) is 31.4 Å². The summed E-state index contributed by atoms with van der Waals surface area (Å²) in [6.45, 7) is 0. The molecular weight excluding hydrogens is 443 g/mol. The van der Waals surface area contributed by atoms with Crippen LogP contribution in [-0.2, 0) is 4.79 Å². The Labute approximate surface area is 195 Å². The Morgan fingerprint density at radius 2 is 1.79 bits per heavy atom. The van der Waals surface area contributed by atoms with Crippen LogP contribution in [0.4, 0.5) is 10.1 Å². The van der Waals surface area contributed by atoms with Gasteiger partial charge in [-0.05, 0) is 54.8 Å². The van der Waals surface area contributed by atoms with Crippen molar-refractivity contribution >= 4 is 29.2 Å². The lowest BCUT2D eigenvalue weighted by Gasteiger charge is -2.33. The van der Waals surface area contributed by atoms with Crippen molar-refractivity contribution in [3.63, 3.8) is 0 Å². The third-order valence-electron chi connectivity index (χ3n) is 5.79. The first-order chi connectivity index (χ1) is 16.1. The summed E-state index contributed by atoms with van der Waals surface area (Å²) in [5, 5.41) is 3.12. The number of hydrogen-bond donors (Lipinski definition) is 1. The number of halogens is 1. The fourth-order valence-electron chi connectivity index (χ4n) is 4.10. The van der Waals surface area contributed by atoms with Crippen molar-refractivity contribution in [1.29, 1.82) is 0 Å². The summed E-state index contributed by atoms with van der Waals surface area (Å²) < 4.78 is 27.0. The van der Waals surface area contributed by atoms with E-state index < -0.39 is 17.8 Å². The summed E-state index contributed by atoms with van der Waals surface area (Å²) in [6.07, 6.45) is 6.43. The molecular formula is C24H25FN4O3S.